The Morgan fingerprint density at radius 3 is 2.43 bits per heavy atom. The van der Waals surface area contributed by atoms with Crippen LogP contribution in [0.4, 0.5) is 18.9 Å². The van der Waals surface area contributed by atoms with Gasteiger partial charge in [-0.15, -0.1) is 5.10 Å². The minimum atomic E-state index is -4.38. The van der Waals surface area contributed by atoms with E-state index in [2.05, 4.69) is 19.8 Å². The number of hydrogen-bond acceptors (Lipinski definition) is 5. The van der Waals surface area contributed by atoms with Crippen LogP contribution in [0.5, 0.6) is 0 Å². The molecule has 0 spiro atoms. The van der Waals surface area contributed by atoms with Crippen LogP contribution in [-0.4, -0.2) is 36.2 Å². The summed E-state index contributed by atoms with van der Waals surface area (Å²) in [5.74, 6) is 0. The second-order valence-corrected chi connectivity index (χ2v) is 6.27. The van der Waals surface area contributed by atoms with Gasteiger partial charge in [0.15, 0.2) is 0 Å². The number of halogens is 3. The maximum Gasteiger partial charge on any atom is 0.411 e. The molecule has 1 aromatic heterocycles. The Morgan fingerprint density at radius 2 is 1.91 bits per heavy atom. The normalized spacial score (nSPS) is 12.3. The highest BCUT2D eigenvalue weighted by Gasteiger charge is 2.27. The maximum atomic E-state index is 12.0. The molecule has 0 aliphatic rings. The predicted octanol–water partition coefficient (Wildman–Crippen LogP) is 1.69. The Labute approximate surface area is 130 Å². The number of alkyl halides is 3. The molecule has 126 valence electrons. The Balaban J connectivity index is 1.97. The number of benzene rings is 1. The van der Waals surface area contributed by atoms with Gasteiger partial charge < -0.3 is 4.74 Å². The minimum Gasteiger partial charge on any atom is -0.367 e. The van der Waals surface area contributed by atoms with E-state index in [0.717, 1.165) is 0 Å². The van der Waals surface area contributed by atoms with Crippen molar-refractivity contribution in [2.45, 2.75) is 17.8 Å². The van der Waals surface area contributed by atoms with Gasteiger partial charge in [-0.3, -0.25) is 9.40 Å². The van der Waals surface area contributed by atoms with Crippen molar-refractivity contribution in [1.29, 1.82) is 0 Å². The second-order valence-electron chi connectivity index (χ2n) is 4.64. The van der Waals surface area contributed by atoms with Gasteiger partial charge in [0.1, 0.15) is 6.61 Å². The molecule has 11 heteroatoms. The van der Waals surface area contributed by atoms with Crippen LogP contribution in [0.3, 0.4) is 0 Å². The topological polar surface area (TPSA) is 86.1 Å². The third-order valence-corrected chi connectivity index (χ3v) is 3.84. The van der Waals surface area contributed by atoms with Crippen LogP contribution < -0.4 is 4.72 Å². The van der Waals surface area contributed by atoms with Crippen molar-refractivity contribution in [2.24, 2.45) is 7.05 Å². The fourth-order valence-electron chi connectivity index (χ4n) is 1.61. The SMILES string of the molecule is Cn1cc(S(=O)(=O)Nc2ccc(COCC(F)(F)F)cc2)nn1. The average Bonchev–Trinajstić information content (AvgIpc) is 2.87. The Bertz CT molecular complexity index is 757. The summed E-state index contributed by atoms with van der Waals surface area (Å²) in [7, 11) is -2.34. The van der Waals surface area contributed by atoms with E-state index in [4.69, 9.17) is 0 Å². The van der Waals surface area contributed by atoms with Crippen molar-refractivity contribution >= 4 is 15.7 Å². The molecule has 0 aliphatic heterocycles. The van der Waals surface area contributed by atoms with Crippen LogP contribution in [0.15, 0.2) is 35.5 Å². The number of nitrogens with zero attached hydrogens (tertiary/aromatic N) is 3. The van der Waals surface area contributed by atoms with Crippen molar-refractivity contribution in [2.75, 3.05) is 11.3 Å². The van der Waals surface area contributed by atoms with Crippen LogP contribution in [0.25, 0.3) is 0 Å². The fourth-order valence-corrected chi connectivity index (χ4v) is 2.60. The van der Waals surface area contributed by atoms with E-state index in [-0.39, 0.29) is 17.3 Å². The van der Waals surface area contributed by atoms with E-state index in [0.29, 0.717) is 5.56 Å². The zero-order valence-corrected chi connectivity index (χ0v) is 12.7. The average molecular weight is 350 g/mol. The number of ether oxygens (including phenoxy) is 1. The largest absolute Gasteiger partial charge is 0.411 e. The van der Waals surface area contributed by atoms with Crippen LogP contribution in [0, 0.1) is 0 Å². The first-order valence-electron chi connectivity index (χ1n) is 6.28. The summed E-state index contributed by atoms with van der Waals surface area (Å²) >= 11 is 0. The quantitative estimate of drug-likeness (QED) is 0.857. The van der Waals surface area contributed by atoms with E-state index >= 15 is 0 Å². The van der Waals surface area contributed by atoms with Crippen molar-refractivity contribution in [1.82, 2.24) is 15.0 Å². The molecule has 7 nitrogen and oxygen atoms in total. The summed E-state index contributed by atoms with van der Waals surface area (Å²) < 4.78 is 67.9. The molecule has 0 fully saturated rings. The maximum absolute atomic E-state index is 12.0. The van der Waals surface area contributed by atoms with Crippen LogP contribution in [-0.2, 0) is 28.4 Å². The van der Waals surface area contributed by atoms with Crippen molar-refractivity contribution < 1.29 is 26.3 Å². The highest BCUT2D eigenvalue weighted by Crippen LogP contribution is 2.17. The van der Waals surface area contributed by atoms with Gasteiger partial charge in [0.05, 0.1) is 12.8 Å². The van der Waals surface area contributed by atoms with E-state index in [1.54, 1.807) is 0 Å². The van der Waals surface area contributed by atoms with E-state index < -0.39 is 22.8 Å². The van der Waals surface area contributed by atoms with Gasteiger partial charge in [-0.25, -0.2) is 0 Å². The molecule has 0 bridgehead atoms. The molecule has 1 aromatic carbocycles. The number of rotatable bonds is 6. The summed E-state index contributed by atoms with van der Waals surface area (Å²) in [6.07, 6.45) is -3.14. The van der Waals surface area contributed by atoms with E-state index in [1.807, 2.05) is 0 Å². The lowest BCUT2D eigenvalue weighted by molar-refractivity contribution is -0.176. The lowest BCUT2D eigenvalue weighted by Gasteiger charge is -2.09. The second kappa shape index (κ2) is 6.54. The summed E-state index contributed by atoms with van der Waals surface area (Å²) in [4.78, 5) is 0. The number of anilines is 1. The highest BCUT2D eigenvalue weighted by molar-refractivity contribution is 7.92. The van der Waals surface area contributed by atoms with Gasteiger partial charge in [-0.1, -0.05) is 17.3 Å². The summed E-state index contributed by atoms with van der Waals surface area (Å²) in [6.45, 7) is -1.56. The van der Waals surface area contributed by atoms with E-state index in [9.17, 15) is 21.6 Å². The summed E-state index contributed by atoms with van der Waals surface area (Å²) in [6, 6.07) is 5.76. The standard InChI is InChI=1S/C12H13F3N4O3S/c1-19-6-11(16-18-19)23(20,21)17-10-4-2-9(3-5-10)7-22-8-12(13,14)15/h2-6,17H,7-8H2,1H3. The van der Waals surface area contributed by atoms with Gasteiger partial charge in [0.2, 0.25) is 5.03 Å². The molecular weight excluding hydrogens is 337 g/mol. The predicted molar refractivity (Wildman–Crippen MR) is 74.0 cm³/mol. The highest BCUT2D eigenvalue weighted by atomic mass is 32.2. The Kier molecular flexibility index (Phi) is 4.90. The first kappa shape index (κ1) is 17.2. The fraction of sp³-hybridized carbons (Fsp3) is 0.333. The monoisotopic (exact) mass is 350 g/mol. The number of aromatic nitrogens is 3. The van der Waals surface area contributed by atoms with Crippen LogP contribution in [0.1, 0.15) is 5.56 Å². The molecule has 1 heterocycles. The summed E-state index contributed by atoms with van der Waals surface area (Å²) in [5.41, 5.74) is 0.729. The number of sulfonamides is 1. The lowest BCUT2D eigenvalue weighted by atomic mass is 10.2. The van der Waals surface area contributed by atoms with Crippen molar-refractivity contribution in [3.8, 4) is 0 Å². The number of nitrogens with one attached hydrogen (secondary N) is 1. The zero-order valence-electron chi connectivity index (χ0n) is 11.9. The molecular formula is C12H13F3N4O3S. The molecule has 0 saturated carbocycles. The Hall–Kier alpha value is -2.14. The molecule has 0 unspecified atom stereocenters. The first-order chi connectivity index (χ1) is 10.7. The third-order valence-electron chi connectivity index (χ3n) is 2.60. The van der Waals surface area contributed by atoms with Gasteiger partial charge in [0, 0.05) is 12.7 Å². The minimum absolute atomic E-state index is 0.225. The Morgan fingerprint density at radius 1 is 1.26 bits per heavy atom. The van der Waals surface area contributed by atoms with E-state index in [1.165, 1.54) is 42.2 Å². The molecule has 1 N–H and O–H groups in total. The molecule has 23 heavy (non-hydrogen) atoms. The van der Waals surface area contributed by atoms with Gasteiger partial charge in [-0.05, 0) is 17.7 Å². The molecule has 0 radical (unpaired) electrons. The van der Waals surface area contributed by atoms with Crippen LogP contribution >= 0.6 is 0 Å². The smallest absolute Gasteiger partial charge is 0.367 e. The first-order valence-corrected chi connectivity index (χ1v) is 7.77. The molecule has 2 aromatic rings. The molecule has 0 saturated heterocycles. The van der Waals surface area contributed by atoms with Gasteiger partial charge in [-0.2, -0.15) is 21.6 Å². The number of aryl methyl sites for hydroxylation is 1. The lowest BCUT2D eigenvalue weighted by Crippen LogP contribution is -2.16. The molecule has 0 aliphatic carbocycles. The van der Waals surface area contributed by atoms with Crippen LogP contribution in [0.2, 0.25) is 0 Å². The third kappa shape index (κ3) is 5.21. The summed E-state index contributed by atoms with van der Waals surface area (Å²) in [5, 5.41) is 6.79. The molecule has 2 rings (SSSR count). The van der Waals surface area contributed by atoms with Crippen molar-refractivity contribution in [3.63, 3.8) is 0 Å². The van der Waals surface area contributed by atoms with Gasteiger partial charge in [0.25, 0.3) is 10.0 Å². The van der Waals surface area contributed by atoms with Gasteiger partial charge >= 0.3 is 6.18 Å². The molecule has 0 amide bonds. The number of hydrogen-bond donors (Lipinski definition) is 1. The zero-order chi connectivity index (χ0) is 17.1. The van der Waals surface area contributed by atoms with Crippen molar-refractivity contribution in [3.05, 3.63) is 36.0 Å². The molecule has 0 atom stereocenters.